The third-order valence-corrected chi connectivity index (χ3v) is 2.02. The van der Waals surface area contributed by atoms with Gasteiger partial charge in [-0.25, -0.2) is 0 Å². The Labute approximate surface area is 75.9 Å². The minimum Gasteiger partial charge on any atom is -0.492 e. The average molecular weight is 188 g/mol. The molecule has 0 N–H and O–H groups in total. The van der Waals surface area contributed by atoms with Crippen molar-refractivity contribution in [3.05, 3.63) is 10.8 Å². The predicted molar refractivity (Wildman–Crippen MR) is 48.0 cm³/mol. The maximum atomic E-state index is 5.27. The maximum Gasteiger partial charge on any atom is 0.189 e. The van der Waals surface area contributed by atoms with E-state index in [0.717, 1.165) is 11.5 Å². The molecule has 0 bridgehead atoms. The van der Waals surface area contributed by atoms with E-state index in [4.69, 9.17) is 14.2 Å². The van der Waals surface area contributed by atoms with Crippen LogP contribution in [-0.2, 0) is 4.74 Å². The van der Waals surface area contributed by atoms with Crippen LogP contribution in [0.2, 0.25) is 0 Å². The van der Waals surface area contributed by atoms with Gasteiger partial charge in [0, 0.05) is 17.4 Å². The molecule has 0 amide bonds. The van der Waals surface area contributed by atoms with Gasteiger partial charge in [-0.15, -0.1) is 11.3 Å². The Kier molecular flexibility index (Phi) is 3.90. The highest BCUT2D eigenvalue weighted by atomic mass is 32.1. The average Bonchev–Trinajstić information content (AvgIpc) is 2.52. The summed E-state index contributed by atoms with van der Waals surface area (Å²) in [6, 6.07) is 0. The summed E-state index contributed by atoms with van der Waals surface area (Å²) in [5.74, 6) is 1.51. The smallest absolute Gasteiger partial charge is 0.189 e. The minimum atomic E-state index is 0.281. The van der Waals surface area contributed by atoms with Crippen molar-refractivity contribution in [1.82, 2.24) is 0 Å². The highest BCUT2D eigenvalue weighted by Gasteiger charge is 2.03. The second-order valence-corrected chi connectivity index (χ2v) is 2.80. The van der Waals surface area contributed by atoms with Gasteiger partial charge < -0.3 is 14.2 Å². The van der Waals surface area contributed by atoms with Crippen LogP contribution in [0.5, 0.6) is 11.5 Å². The van der Waals surface area contributed by atoms with Crippen LogP contribution in [0.25, 0.3) is 0 Å². The molecule has 1 aromatic rings. The van der Waals surface area contributed by atoms with E-state index >= 15 is 0 Å². The summed E-state index contributed by atoms with van der Waals surface area (Å²) in [4.78, 5) is 0. The molecule has 0 aliphatic carbocycles. The van der Waals surface area contributed by atoms with Crippen molar-refractivity contribution >= 4 is 11.3 Å². The molecule has 0 fully saturated rings. The summed E-state index contributed by atoms with van der Waals surface area (Å²) in [6.45, 7) is 2.87. The lowest BCUT2D eigenvalue weighted by Crippen LogP contribution is -2.01. The first-order valence-corrected chi connectivity index (χ1v) is 4.63. The second kappa shape index (κ2) is 5.00. The SMILES string of the molecule is CCOCOc1cscc1OC. The highest BCUT2D eigenvalue weighted by Crippen LogP contribution is 2.30. The molecule has 0 spiro atoms. The number of methoxy groups -OCH3 is 1. The van der Waals surface area contributed by atoms with Gasteiger partial charge in [-0.2, -0.15) is 0 Å². The quantitative estimate of drug-likeness (QED) is 0.523. The third-order valence-electron chi connectivity index (χ3n) is 1.31. The molecule has 0 aliphatic rings. The fourth-order valence-electron chi connectivity index (χ4n) is 0.716. The first-order valence-electron chi connectivity index (χ1n) is 3.69. The Morgan fingerprint density at radius 3 is 2.75 bits per heavy atom. The van der Waals surface area contributed by atoms with Crippen molar-refractivity contribution in [2.24, 2.45) is 0 Å². The summed E-state index contributed by atoms with van der Waals surface area (Å²) < 4.78 is 15.4. The van der Waals surface area contributed by atoms with E-state index in [1.54, 1.807) is 18.4 Å². The van der Waals surface area contributed by atoms with E-state index in [1.165, 1.54) is 0 Å². The molecule has 0 saturated heterocycles. The lowest BCUT2D eigenvalue weighted by Gasteiger charge is -2.05. The number of ether oxygens (including phenoxy) is 3. The molecule has 68 valence electrons. The van der Waals surface area contributed by atoms with Crippen LogP contribution in [0.1, 0.15) is 6.92 Å². The van der Waals surface area contributed by atoms with Gasteiger partial charge in [-0.1, -0.05) is 0 Å². The van der Waals surface area contributed by atoms with Crippen molar-refractivity contribution in [3.8, 4) is 11.5 Å². The van der Waals surface area contributed by atoms with Crippen molar-refractivity contribution in [2.75, 3.05) is 20.5 Å². The van der Waals surface area contributed by atoms with E-state index < -0.39 is 0 Å². The molecule has 1 aromatic heterocycles. The molecular formula is C8H12O3S. The van der Waals surface area contributed by atoms with Gasteiger partial charge in [-0.3, -0.25) is 0 Å². The first-order chi connectivity index (χ1) is 5.88. The number of rotatable bonds is 5. The monoisotopic (exact) mass is 188 g/mol. The zero-order valence-electron chi connectivity index (χ0n) is 7.20. The Balaban J connectivity index is 2.39. The van der Waals surface area contributed by atoms with Crippen molar-refractivity contribution in [3.63, 3.8) is 0 Å². The topological polar surface area (TPSA) is 27.7 Å². The van der Waals surface area contributed by atoms with E-state index in [2.05, 4.69) is 0 Å². The Morgan fingerprint density at radius 2 is 2.08 bits per heavy atom. The highest BCUT2D eigenvalue weighted by molar-refractivity contribution is 7.08. The number of hydrogen-bond acceptors (Lipinski definition) is 4. The summed E-state index contributed by atoms with van der Waals surface area (Å²) >= 11 is 1.54. The second-order valence-electron chi connectivity index (χ2n) is 2.06. The summed E-state index contributed by atoms with van der Waals surface area (Å²) in [5, 5.41) is 3.78. The van der Waals surface area contributed by atoms with Crippen molar-refractivity contribution in [1.29, 1.82) is 0 Å². The van der Waals surface area contributed by atoms with Crippen LogP contribution in [-0.4, -0.2) is 20.5 Å². The van der Waals surface area contributed by atoms with Gasteiger partial charge in [0.15, 0.2) is 18.3 Å². The fourth-order valence-corrected chi connectivity index (χ4v) is 1.43. The van der Waals surface area contributed by atoms with Gasteiger partial charge in [0.2, 0.25) is 0 Å². The van der Waals surface area contributed by atoms with Gasteiger partial charge in [0.1, 0.15) is 0 Å². The molecular weight excluding hydrogens is 176 g/mol. The molecule has 3 nitrogen and oxygen atoms in total. The molecule has 1 heterocycles. The molecule has 0 saturated carbocycles. The van der Waals surface area contributed by atoms with E-state index in [9.17, 15) is 0 Å². The first kappa shape index (κ1) is 9.35. The fraction of sp³-hybridized carbons (Fsp3) is 0.500. The van der Waals surface area contributed by atoms with Crippen LogP contribution >= 0.6 is 11.3 Å². The Hall–Kier alpha value is -0.740. The van der Waals surface area contributed by atoms with Crippen LogP contribution in [0.4, 0.5) is 0 Å². The number of hydrogen-bond donors (Lipinski definition) is 0. The van der Waals surface area contributed by atoms with Gasteiger partial charge in [0.25, 0.3) is 0 Å². The van der Waals surface area contributed by atoms with Crippen LogP contribution in [0, 0.1) is 0 Å². The zero-order valence-corrected chi connectivity index (χ0v) is 8.02. The maximum absolute atomic E-state index is 5.27. The molecule has 0 aliphatic heterocycles. The van der Waals surface area contributed by atoms with Crippen LogP contribution in [0.3, 0.4) is 0 Å². The van der Waals surface area contributed by atoms with Gasteiger partial charge in [-0.05, 0) is 6.92 Å². The van der Waals surface area contributed by atoms with Crippen molar-refractivity contribution < 1.29 is 14.2 Å². The van der Waals surface area contributed by atoms with Crippen LogP contribution in [0.15, 0.2) is 10.8 Å². The minimum absolute atomic E-state index is 0.281. The van der Waals surface area contributed by atoms with Crippen LogP contribution < -0.4 is 9.47 Å². The molecule has 12 heavy (non-hydrogen) atoms. The van der Waals surface area contributed by atoms with Crippen molar-refractivity contribution in [2.45, 2.75) is 6.92 Å². The van der Waals surface area contributed by atoms with E-state index in [1.807, 2.05) is 17.7 Å². The summed E-state index contributed by atoms with van der Waals surface area (Å²) in [7, 11) is 1.62. The summed E-state index contributed by atoms with van der Waals surface area (Å²) in [5.41, 5.74) is 0. The Morgan fingerprint density at radius 1 is 1.33 bits per heavy atom. The van der Waals surface area contributed by atoms with Gasteiger partial charge >= 0.3 is 0 Å². The lowest BCUT2D eigenvalue weighted by atomic mass is 10.5. The molecule has 1 rings (SSSR count). The molecule has 0 unspecified atom stereocenters. The molecule has 4 heteroatoms. The number of thiophene rings is 1. The standard InChI is InChI=1S/C8H12O3S/c1-3-10-6-11-8-5-12-4-7(8)9-2/h4-5H,3,6H2,1-2H3. The molecule has 0 aromatic carbocycles. The normalized spacial score (nSPS) is 9.83. The molecule has 0 atom stereocenters. The Bertz CT molecular complexity index is 222. The van der Waals surface area contributed by atoms with E-state index in [0.29, 0.717) is 6.61 Å². The van der Waals surface area contributed by atoms with Gasteiger partial charge in [0.05, 0.1) is 7.11 Å². The lowest BCUT2D eigenvalue weighted by molar-refractivity contribution is 0.0212. The molecule has 0 radical (unpaired) electrons. The summed E-state index contributed by atoms with van der Waals surface area (Å²) in [6.07, 6.45) is 0. The van der Waals surface area contributed by atoms with E-state index in [-0.39, 0.29) is 6.79 Å². The predicted octanol–water partition coefficient (Wildman–Crippen LogP) is 2.13. The largest absolute Gasteiger partial charge is 0.492 e. The third kappa shape index (κ3) is 2.39. The zero-order chi connectivity index (χ0) is 8.81.